The zero-order valence-electron chi connectivity index (χ0n) is 12.1. The maximum Gasteiger partial charge on any atom is 0.358 e. The van der Waals surface area contributed by atoms with E-state index in [1.165, 1.54) is 6.07 Å². The molecule has 1 aliphatic heterocycles. The van der Waals surface area contributed by atoms with Crippen LogP contribution < -0.4 is 9.47 Å². The Hall–Kier alpha value is -2.02. The van der Waals surface area contributed by atoms with Crippen molar-refractivity contribution >= 4 is 21.9 Å². The van der Waals surface area contributed by atoms with Gasteiger partial charge in [-0.05, 0) is 28.1 Å². The second-order valence-corrected chi connectivity index (χ2v) is 6.76. The summed E-state index contributed by atoms with van der Waals surface area (Å²) in [7, 11) is 0. The van der Waals surface area contributed by atoms with E-state index in [-0.39, 0.29) is 11.1 Å². The summed E-state index contributed by atoms with van der Waals surface area (Å²) < 4.78 is 17.4. The summed E-state index contributed by atoms with van der Waals surface area (Å²) in [4.78, 5) is 10.9. The van der Waals surface area contributed by atoms with E-state index in [0.29, 0.717) is 40.5 Å². The molecule has 2 heterocycles. The highest BCUT2D eigenvalue weighted by atomic mass is 79.9. The Balaban J connectivity index is 2.00. The lowest BCUT2D eigenvalue weighted by Crippen LogP contribution is -2.26. The van der Waals surface area contributed by atoms with E-state index >= 15 is 0 Å². The van der Waals surface area contributed by atoms with Gasteiger partial charge in [0.05, 0.1) is 17.7 Å². The first-order chi connectivity index (χ1) is 10.4. The molecule has 0 atom stereocenters. The summed E-state index contributed by atoms with van der Waals surface area (Å²) in [6.45, 7) is 5.18. The molecule has 3 rings (SSSR count). The number of fused-ring (bicyclic) bond motifs is 1. The van der Waals surface area contributed by atoms with Crippen molar-refractivity contribution in [1.29, 1.82) is 0 Å². The van der Waals surface area contributed by atoms with Crippen LogP contribution in [0.25, 0.3) is 11.3 Å². The third-order valence-corrected chi connectivity index (χ3v) is 3.84. The van der Waals surface area contributed by atoms with Gasteiger partial charge in [-0.15, -0.1) is 0 Å². The average Bonchev–Trinajstić information content (AvgIpc) is 2.88. The lowest BCUT2D eigenvalue weighted by Gasteiger charge is -2.19. The molecule has 1 aliphatic rings. The Kier molecular flexibility index (Phi) is 3.60. The fraction of sp³-hybridized carbons (Fsp3) is 0.333. The molecule has 1 aromatic heterocycles. The molecule has 1 aromatic carbocycles. The molecule has 1 N–H and O–H groups in total. The number of hydrogen-bond acceptors (Lipinski definition) is 5. The number of carbonyl (C=O) groups is 1. The van der Waals surface area contributed by atoms with Crippen LogP contribution in [0.5, 0.6) is 11.5 Å². The first-order valence-electron chi connectivity index (χ1n) is 6.65. The summed E-state index contributed by atoms with van der Waals surface area (Å²) in [5, 5.41) is 12.4. The number of aromatic nitrogens is 1. The van der Waals surface area contributed by atoms with Crippen molar-refractivity contribution in [3.63, 3.8) is 0 Å². The van der Waals surface area contributed by atoms with Crippen LogP contribution in [-0.2, 0) is 0 Å². The summed E-state index contributed by atoms with van der Waals surface area (Å²) in [6, 6.07) is 4.91. The molecule has 116 valence electrons. The van der Waals surface area contributed by atoms with E-state index in [1.807, 2.05) is 0 Å². The van der Waals surface area contributed by atoms with Crippen molar-refractivity contribution in [2.45, 2.75) is 13.8 Å². The molecule has 0 saturated heterocycles. The minimum absolute atomic E-state index is 0.0959. The third kappa shape index (κ3) is 2.81. The molecule has 7 heteroatoms. The maximum absolute atomic E-state index is 10.9. The monoisotopic (exact) mass is 367 g/mol. The molecule has 6 nitrogen and oxygen atoms in total. The second kappa shape index (κ2) is 5.31. The van der Waals surface area contributed by atoms with Crippen molar-refractivity contribution in [2.75, 3.05) is 13.2 Å². The van der Waals surface area contributed by atoms with Crippen LogP contribution in [0.4, 0.5) is 0 Å². The van der Waals surface area contributed by atoms with Gasteiger partial charge in [0.2, 0.25) is 0 Å². The van der Waals surface area contributed by atoms with Gasteiger partial charge in [0, 0.05) is 17.0 Å². The number of hydrogen-bond donors (Lipinski definition) is 1. The zero-order valence-corrected chi connectivity index (χ0v) is 13.6. The van der Waals surface area contributed by atoms with Gasteiger partial charge < -0.3 is 19.1 Å². The first-order valence-corrected chi connectivity index (χ1v) is 7.44. The van der Waals surface area contributed by atoms with Gasteiger partial charge in [-0.2, -0.15) is 0 Å². The van der Waals surface area contributed by atoms with E-state index in [0.717, 1.165) is 0 Å². The van der Waals surface area contributed by atoms with Gasteiger partial charge in [0.15, 0.2) is 23.0 Å². The van der Waals surface area contributed by atoms with Gasteiger partial charge in [-0.25, -0.2) is 4.79 Å². The Bertz CT molecular complexity index is 738. The number of ether oxygens (including phenoxy) is 2. The number of nitrogens with zero attached hydrogens (tertiary/aromatic N) is 1. The molecular formula is C15H14BrNO5. The normalized spacial score (nSPS) is 16.1. The van der Waals surface area contributed by atoms with E-state index in [1.54, 1.807) is 12.1 Å². The highest BCUT2D eigenvalue weighted by Gasteiger charge is 2.27. The molecular weight excluding hydrogens is 354 g/mol. The lowest BCUT2D eigenvalue weighted by molar-refractivity contribution is 0.0686. The van der Waals surface area contributed by atoms with E-state index < -0.39 is 5.97 Å². The molecule has 22 heavy (non-hydrogen) atoms. The van der Waals surface area contributed by atoms with Crippen LogP contribution in [0.1, 0.15) is 24.3 Å². The summed E-state index contributed by atoms with van der Waals surface area (Å²) >= 11 is 3.45. The van der Waals surface area contributed by atoms with Gasteiger partial charge >= 0.3 is 5.97 Å². The third-order valence-electron chi connectivity index (χ3n) is 3.25. The molecule has 0 radical (unpaired) electrons. The van der Waals surface area contributed by atoms with Crippen molar-refractivity contribution in [3.8, 4) is 22.8 Å². The van der Waals surface area contributed by atoms with Gasteiger partial charge in [0.1, 0.15) is 0 Å². The predicted octanol–water partition coefficient (Wildman–Crippen LogP) is 3.60. The summed E-state index contributed by atoms with van der Waals surface area (Å²) in [6.07, 6.45) is 0. The molecule has 2 aromatic rings. The summed E-state index contributed by atoms with van der Waals surface area (Å²) in [5.74, 6) is 0.439. The number of carboxylic acid groups (broad SMARTS) is 1. The number of rotatable bonds is 2. The Morgan fingerprint density at radius 3 is 2.68 bits per heavy atom. The van der Waals surface area contributed by atoms with Crippen LogP contribution >= 0.6 is 15.9 Å². The topological polar surface area (TPSA) is 81.8 Å². The maximum atomic E-state index is 10.9. The molecule has 0 bridgehead atoms. The fourth-order valence-electron chi connectivity index (χ4n) is 2.05. The van der Waals surface area contributed by atoms with Crippen molar-refractivity contribution in [3.05, 3.63) is 28.4 Å². The number of aromatic carboxylic acids is 1. The predicted molar refractivity (Wildman–Crippen MR) is 81.4 cm³/mol. The summed E-state index contributed by atoms with van der Waals surface area (Å²) in [5.41, 5.74) is 0.426. The number of halogens is 1. The number of carboxylic acids is 1. The fourth-order valence-corrected chi connectivity index (χ4v) is 2.61. The van der Waals surface area contributed by atoms with Crippen LogP contribution in [0.2, 0.25) is 0 Å². The smallest absolute Gasteiger partial charge is 0.358 e. The minimum atomic E-state index is -1.13. The molecule has 0 saturated carbocycles. The van der Waals surface area contributed by atoms with Crippen LogP contribution in [-0.4, -0.2) is 29.4 Å². The van der Waals surface area contributed by atoms with E-state index in [4.69, 9.17) is 19.1 Å². The van der Waals surface area contributed by atoms with Crippen molar-refractivity contribution in [2.24, 2.45) is 5.41 Å². The molecule has 0 aliphatic carbocycles. The molecule has 0 amide bonds. The van der Waals surface area contributed by atoms with Crippen molar-refractivity contribution < 1.29 is 23.9 Å². The second-order valence-electron chi connectivity index (χ2n) is 5.91. The zero-order chi connectivity index (χ0) is 15.9. The standard InChI is InChI=1S/C15H14BrNO5/c1-15(2)6-20-12-4-8(3-9(16)13(12)21-7-15)11-5-10(14(18)19)17-22-11/h3-5H,6-7H2,1-2H3,(H,18,19). The minimum Gasteiger partial charge on any atom is -0.489 e. The highest BCUT2D eigenvalue weighted by Crippen LogP contribution is 2.42. The molecule has 0 fully saturated rings. The quantitative estimate of drug-likeness (QED) is 0.872. The number of benzene rings is 1. The first kappa shape index (κ1) is 14.9. The molecule has 0 unspecified atom stereocenters. The van der Waals surface area contributed by atoms with Crippen LogP contribution in [0.15, 0.2) is 27.2 Å². The Labute approximate surface area is 135 Å². The van der Waals surface area contributed by atoms with Crippen molar-refractivity contribution in [1.82, 2.24) is 5.16 Å². The van der Waals surface area contributed by atoms with Crippen LogP contribution in [0.3, 0.4) is 0 Å². The van der Waals surface area contributed by atoms with E-state index in [9.17, 15) is 4.79 Å². The van der Waals surface area contributed by atoms with E-state index in [2.05, 4.69) is 34.9 Å². The van der Waals surface area contributed by atoms with Gasteiger partial charge in [-0.1, -0.05) is 19.0 Å². The highest BCUT2D eigenvalue weighted by molar-refractivity contribution is 9.10. The SMILES string of the molecule is CC1(C)COc2cc(-c3cc(C(=O)O)no3)cc(Br)c2OC1. The van der Waals surface area contributed by atoms with Gasteiger partial charge in [0.25, 0.3) is 0 Å². The molecule has 0 spiro atoms. The lowest BCUT2D eigenvalue weighted by atomic mass is 9.97. The Morgan fingerprint density at radius 1 is 1.27 bits per heavy atom. The Morgan fingerprint density at radius 2 is 2.00 bits per heavy atom. The van der Waals surface area contributed by atoms with Gasteiger partial charge in [-0.3, -0.25) is 0 Å². The average molecular weight is 368 g/mol. The van der Waals surface area contributed by atoms with Crippen LogP contribution in [0, 0.1) is 5.41 Å². The largest absolute Gasteiger partial charge is 0.489 e.